The van der Waals surface area contributed by atoms with Gasteiger partial charge in [-0.15, -0.1) is 0 Å². The van der Waals surface area contributed by atoms with Gasteiger partial charge in [0, 0.05) is 12.1 Å². The number of benzene rings is 1. The fourth-order valence-electron chi connectivity index (χ4n) is 1.47. The summed E-state index contributed by atoms with van der Waals surface area (Å²) in [7, 11) is 0. The molecule has 0 bridgehead atoms. The van der Waals surface area contributed by atoms with Crippen molar-refractivity contribution >= 4 is 5.97 Å². The third kappa shape index (κ3) is 3.44. The third-order valence-electron chi connectivity index (χ3n) is 2.27. The van der Waals surface area contributed by atoms with Crippen LogP contribution in [0.1, 0.15) is 10.4 Å². The van der Waals surface area contributed by atoms with E-state index in [1.54, 1.807) is 0 Å². The lowest BCUT2D eigenvalue weighted by Gasteiger charge is -2.11. The molecular weight excluding hydrogens is 285 g/mol. The maximum Gasteiger partial charge on any atom is 0.411 e. The van der Waals surface area contributed by atoms with Crippen molar-refractivity contribution in [3.8, 4) is 17.2 Å². The van der Waals surface area contributed by atoms with Gasteiger partial charge in [0.05, 0.1) is 0 Å². The monoisotopic (exact) mass is 294 g/mol. The van der Waals surface area contributed by atoms with E-state index in [-0.39, 0.29) is 29.6 Å². The fraction of sp³-hybridized carbons (Fsp3) is 0.364. The molecular formula is C11H9F3O6. The van der Waals surface area contributed by atoms with Crippen LogP contribution in [0.3, 0.4) is 0 Å². The number of carboxylic acids is 1. The van der Waals surface area contributed by atoms with Crippen LogP contribution < -0.4 is 14.2 Å². The Kier molecular flexibility index (Phi) is 3.89. The van der Waals surface area contributed by atoms with Gasteiger partial charge in [-0.1, -0.05) is 0 Å². The van der Waals surface area contributed by atoms with Crippen molar-refractivity contribution in [2.75, 3.05) is 20.2 Å². The quantitative estimate of drug-likeness (QED) is 0.661. The molecule has 2 rings (SSSR count). The normalized spacial score (nSPS) is 13.3. The molecule has 1 aliphatic rings. The molecule has 1 aromatic carbocycles. The van der Waals surface area contributed by atoms with Gasteiger partial charge in [0.2, 0.25) is 6.79 Å². The number of alkyl halides is 3. The maximum absolute atomic E-state index is 11.9. The van der Waals surface area contributed by atoms with Crippen LogP contribution >= 0.6 is 0 Å². The zero-order valence-corrected chi connectivity index (χ0v) is 9.90. The van der Waals surface area contributed by atoms with Crippen molar-refractivity contribution in [1.29, 1.82) is 0 Å². The lowest BCUT2D eigenvalue weighted by Crippen LogP contribution is -2.19. The van der Waals surface area contributed by atoms with Gasteiger partial charge < -0.3 is 24.1 Å². The summed E-state index contributed by atoms with van der Waals surface area (Å²) in [4.78, 5) is 11.0. The molecule has 110 valence electrons. The number of carbonyl (C=O) groups is 1. The van der Waals surface area contributed by atoms with Gasteiger partial charge in [-0.25, -0.2) is 4.79 Å². The highest BCUT2D eigenvalue weighted by molar-refractivity contribution is 5.92. The number of ether oxygens (including phenoxy) is 4. The largest absolute Gasteiger partial charge is 0.478 e. The van der Waals surface area contributed by atoms with Gasteiger partial charge in [0.1, 0.15) is 17.9 Å². The minimum atomic E-state index is -4.48. The molecule has 1 N–H and O–H groups in total. The number of rotatable bonds is 5. The zero-order valence-electron chi connectivity index (χ0n) is 9.90. The molecule has 0 atom stereocenters. The Labute approximate surface area is 110 Å². The fourth-order valence-corrected chi connectivity index (χ4v) is 1.47. The first-order chi connectivity index (χ1) is 9.37. The molecule has 0 spiro atoms. The Bertz CT molecular complexity index is 514. The van der Waals surface area contributed by atoms with Crippen LogP contribution in [0.15, 0.2) is 12.1 Å². The van der Waals surface area contributed by atoms with Crippen molar-refractivity contribution in [2.24, 2.45) is 0 Å². The third-order valence-corrected chi connectivity index (χ3v) is 2.27. The van der Waals surface area contributed by atoms with E-state index in [1.807, 2.05) is 0 Å². The molecule has 0 saturated carbocycles. The summed E-state index contributed by atoms with van der Waals surface area (Å²) in [5, 5.41) is 8.99. The molecule has 9 heteroatoms. The molecule has 0 aliphatic carbocycles. The number of aromatic carboxylic acids is 1. The minimum Gasteiger partial charge on any atom is -0.478 e. The summed E-state index contributed by atoms with van der Waals surface area (Å²) in [5.41, 5.74) is -0.259. The van der Waals surface area contributed by atoms with Crippen molar-refractivity contribution in [3.63, 3.8) is 0 Å². The highest BCUT2D eigenvalue weighted by Crippen LogP contribution is 2.38. The van der Waals surface area contributed by atoms with E-state index in [0.717, 1.165) is 0 Å². The molecule has 1 aromatic rings. The Balaban J connectivity index is 2.05. The van der Waals surface area contributed by atoms with Crippen molar-refractivity contribution in [3.05, 3.63) is 17.7 Å². The van der Waals surface area contributed by atoms with E-state index < -0.39 is 25.5 Å². The summed E-state index contributed by atoms with van der Waals surface area (Å²) in [6.45, 7) is -2.29. The first kappa shape index (κ1) is 14.3. The second-order valence-electron chi connectivity index (χ2n) is 3.73. The van der Waals surface area contributed by atoms with Crippen LogP contribution in [0.5, 0.6) is 17.2 Å². The number of hydrogen-bond donors (Lipinski definition) is 1. The minimum absolute atomic E-state index is 0.0670. The lowest BCUT2D eigenvalue weighted by atomic mass is 10.2. The first-order valence-corrected chi connectivity index (χ1v) is 5.31. The van der Waals surface area contributed by atoms with Gasteiger partial charge in [-0.2, -0.15) is 13.2 Å². The molecule has 0 unspecified atom stereocenters. The molecule has 0 aromatic heterocycles. The Morgan fingerprint density at radius 2 is 1.95 bits per heavy atom. The van der Waals surface area contributed by atoms with Crippen molar-refractivity contribution in [2.45, 2.75) is 6.18 Å². The number of carboxylic acid groups (broad SMARTS) is 1. The smallest absolute Gasteiger partial charge is 0.411 e. The molecule has 1 heterocycles. The van der Waals surface area contributed by atoms with Crippen molar-refractivity contribution < 1.29 is 42.0 Å². The topological polar surface area (TPSA) is 74.2 Å². The van der Waals surface area contributed by atoms with Gasteiger partial charge in [-0.3, -0.25) is 0 Å². The lowest BCUT2D eigenvalue weighted by molar-refractivity contribution is -0.186. The van der Waals surface area contributed by atoms with E-state index in [4.69, 9.17) is 19.3 Å². The summed E-state index contributed by atoms with van der Waals surface area (Å²) >= 11 is 0. The Morgan fingerprint density at radius 3 is 2.55 bits per heavy atom. The average Bonchev–Trinajstić information content (AvgIpc) is 2.79. The highest BCUT2D eigenvalue weighted by Gasteiger charge is 2.28. The molecule has 0 amide bonds. The molecule has 6 nitrogen and oxygen atoms in total. The van der Waals surface area contributed by atoms with Gasteiger partial charge in [0.25, 0.3) is 0 Å². The van der Waals surface area contributed by atoms with Crippen LogP contribution in [0, 0.1) is 0 Å². The Hall–Kier alpha value is -2.16. The maximum atomic E-state index is 11.9. The van der Waals surface area contributed by atoms with Crippen LogP contribution in [-0.2, 0) is 4.74 Å². The van der Waals surface area contributed by atoms with E-state index in [9.17, 15) is 18.0 Å². The van der Waals surface area contributed by atoms with Crippen LogP contribution in [0.4, 0.5) is 13.2 Å². The van der Waals surface area contributed by atoms with E-state index >= 15 is 0 Å². The van der Waals surface area contributed by atoms with Crippen molar-refractivity contribution in [1.82, 2.24) is 0 Å². The predicted octanol–water partition coefficient (Wildman–Crippen LogP) is 2.03. The van der Waals surface area contributed by atoms with Crippen LogP contribution in [0.25, 0.3) is 0 Å². The molecule has 20 heavy (non-hydrogen) atoms. The van der Waals surface area contributed by atoms with E-state index in [1.165, 1.54) is 12.1 Å². The van der Waals surface area contributed by atoms with E-state index in [2.05, 4.69) is 4.74 Å². The summed E-state index contributed by atoms with van der Waals surface area (Å²) in [5.74, 6) is -0.996. The SMILES string of the molecule is O=C(O)c1cc2c(cc1OCOCC(F)(F)F)OCO2. The second-order valence-corrected chi connectivity index (χ2v) is 3.73. The molecule has 0 radical (unpaired) electrons. The molecule has 0 fully saturated rings. The summed E-state index contributed by atoms with van der Waals surface area (Å²) in [6, 6.07) is 2.40. The van der Waals surface area contributed by atoms with Gasteiger partial charge in [-0.05, 0) is 0 Å². The second kappa shape index (κ2) is 5.45. The Morgan fingerprint density at radius 1 is 1.30 bits per heavy atom. The number of fused-ring (bicyclic) bond motifs is 1. The predicted molar refractivity (Wildman–Crippen MR) is 57.0 cm³/mol. The van der Waals surface area contributed by atoms with E-state index in [0.29, 0.717) is 0 Å². The summed E-state index contributed by atoms with van der Waals surface area (Å²) < 4.78 is 54.7. The van der Waals surface area contributed by atoms with Gasteiger partial charge >= 0.3 is 12.1 Å². The van der Waals surface area contributed by atoms with Gasteiger partial charge in [0.15, 0.2) is 18.3 Å². The number of hydrogen-bond acceptors (Lipinski definition) is 5. The highest BCUT2D eigenvalue weighted by atomic mass is 19.4. The molecule has 0 saturated heterocycles. The zero-order chi connectivity index (χ0) is 14.8. The van der Waals surface area contributed by atoms with Crippen LogP contribution in [0.2, 0.25) is 0 Å². The number of halogens is 3. The average molecular weight is 294 g/mol. The summed E-state index contributed by atoms with van der Waals surface area (Å²) in [6.07, 6.45) is -4.48. The van der Waals surface area contributed by atoms with Crippen LogP contribution in [-0.4, -0.2) is 37.4 Å². The molecule has 1 aliphatic heterocycles. The first-order valence-electron chi connectivity index (χ1n) is 5.31. The standard InChI is InChI=1S/C11H9F3O6/c12-11(13,14)3-17-4-18-7-2-9-8(19-5-20-9)1-6(7)10(15)16/h1-2H,3-5H2,(H,15,16).